The molecule has 5 aromatic rings. The van der Waals surface area contributed by atoms with Gasteiger partial charge in [0.1, 0.15) is 0 Å². The fourth-order valence-electron chi connectivity index (χ4n) is 9.08. The van der Waals surface area contributed by atoms with E-state index in [9.17, 15) is 0 Å². The Labute approximate surface area is 327 Å². The van der Waals surface area contributed by atoms with E-state index in [1.165, 1.54) is 103 Å². The van der Waals surface area contributed by atoms with E-state index >= 15 is 0 Å². The van der Waals surface area contributed by atoms with Crippen LogP contribution in [0.4, 0.5) is 34.1 Å². The molecule has 0 spiro atoms. The van der Waals surface area contributed by atoms with Crippen LogP contribution in [0.3, 0.4) is 0 Å². The second-order valence-corrected chi connectivity index (χ2v) is 20.8. The number of anilines is 6. The number of fused-ring (bicyclic) bond motifs is 5. The lowest BCUT2D eigenvalue weighted by Crippen LogP contribution is -2.61. The summed E-state index contributed by atoms with van der Waals surface area (Å²) >= 11 is 0. The van der Waals surface area contributed by atoms with Crippen LogP contribution >= 0.6 is 0 Å². The molecule has 2 heterocycles. The highest BCUT2D eigenvalue weighted by Crippen LogP contribution is 2.48. The molecule has 3 aliphatic rings. The van der Waals surface area contributed by atoms with E-state index in [4.69, 9.17) is 0 Å². The Morgan fingerprint density at radius 3 is 1.33 bits per heavy atom. The van der Waals surface area contributed by atoms with E-state index in [0.717, 1.165) is 6.42 Å². The van der Waals surface area contributed by atoms with Gasteiger partial charge in [0.2, 0.25) is 0 Å². The monoisotopic (exact) mass is 712 g/mol. The lowest BCUT2D eigenvalue weighted by molar-refractivity contribution is 0.568. The average Bonchev–Trinajstić information content (AvgIpc) is 3.08. The second kappa shape index (κ2) is 12.4. The molecular weight excluding hydrogens is 651 g/mol. The summed E-state index contributed by atoms with van der Waals surface area (Å²) in [5.41, 5.74) is 21.9. The third-order valence-corrected chi connectivity index (χ3v) is 12.4. The highest BCUT2D eigenvalue weighted by Gasteiger charge is 2.44. The third kappa shape index (κ3) is 6.20. The van der Waals surface area contributed by atoms with Gasteiger partial charge in [-0.15, -0.1) is 0 Å². The molecule has 1 aliphatic carbocycles. The van der Waals surface area contributed by atoms with Crippen LogP contribution < -0.4 is 26.2 Å². The molecule has 0 radical (unpaired) electrons. The van der Waals surface area contributed by atoms with E-state index in [1.54, 1.807) is 5.56 Å². The van der Waals surface area contributed by atoms with Crippen molar-refractivity contribution >= 4 is 57.2 Å². The molecule has 0 fully saturated rings. The molecule has 54 heavy (non-hydrogen) atoms. The first-order valence-corrected chi connectivity index (χ1v) is 20.5. The summed E-state index contributed by atoms with van der Waals surface area (Å²) in [6.45, 7) is 30.7. The first kappa shape index (κ1) is 36.7. The minimum Gasteiger partial charge on any atom is -0.311 e. The summed E-state index contributed by atoms with van der Waals surface area (Å²) in [5.74, 6) is 0. The quantitative estimate of drug-likeness (QED) is 0.165. The van der Waals surface area contributed by atoms with Crippen LogP contribution in [0.15, 0.2) is 84.9 Å². The lowest BCUT2D eigenvalue weighted by Gasteiger charge is -2.45. The summed E-state index contributed by atoms with van der Waals surface area (Å²) in [6, 6.07) is 34.3. The third-order valence-electron chi connectivity index (χ3n) is 12.4. The fourth-order valence-corrected chi connectivity index (χ4v) is 9.08. The number of hydrogen-bond acceptors (Lipinski definition) is 2. The predicted molar refractivity (Wildman–Crippen MR) is 237 cm³/mol. The van der Waals surface area contributed by atoms with Crippen LogP contribution in [-0.4, -0.2) is 6.71 Å². The number of rotatable bonds is 2. The van der Waals surface area contributed by atoms with Crippen LogP contribution in [0.2, 0.25) is 0 Å². The minimum atomic E-state index is 0.0115. The largest absolute Gasteiger partial charge is 0.311 e. The zero-order valence-electron chi connectivity index (χ0n) is 35.4. The van der Waals surface area contributed by atoms with Crippen LogP contribution in [0.25, 0.3) is 0 Å². The number of hydrogen-bond donors (Lipinski definition) is 0. The molecule has 2 nitrogen and oxygen atoms in total. The Morgan fingerprint density at radius 1 is 0.444 bits per heavy atom. The first-order chi connectivity index (χ1) is 25.2. The van der Waals surface area contributed by atoms with Crippen molar-refractivity contribution in [3.05, 3.63) is 124 Å². The normalized spacial score (nSPS) is 15.5. The van der Waals surface area contributed by atoms with Gasteiger partial charge in [0.15, 0.2) is 0 Å². The summed E-state index contributed by atoms with van der Waals surface area (Å²) in [4.78, 5) is 5.27. The van der Waals surface area contributed by atoms with Crippen molar-refractivity contribution in [1.29, 1.82) is 0 Å². The Bertz CT molecular complexity index is 2230. The van der Waals surface area contributed by atoms with Crippen LogP contribution in [0.5, 0.6) is 0 Å². The maximum absolute atomic E-state index is 2.66. The Hall–Kier alpha value is -4.24. The Balaban J connectivity index is 1.48. The molecule has 2 aliphatic heterocycles. The molecule has 0 amide bonds. The molecule has 0 N–H and O–H groups in total. The molecule has 0 bridgehead atoms. The molecule has 0 saturated heterocycles. The van der Waals surface area contributed by atoms with Crippen molar-refractivity contribution in [3.8, 4) is 0 Å². The fraction of sp³-hybridized carbons (Fsp3) is 0.412. The van der Waals surface area contributed by atoms with Crippen molar-refractivity contribution in [1.82, 2.24) is 0 Å². The van der Waals surface area contributed by atoms with Gasteiger partial charge in [0.25, 0.3) is 6.71 Å². The van der Waals surface area contributed by atoms with E-state index in [1.807, 2.05) is 0 Å². The maximum Gasteiger partial charge on any atom is 0.252 e. The van der Waals surface area contributed by atoms with Gasteiger partial charge in [0, 0.05) is 34.1 Å². The highest BCUT2D eigenvalue weighted by atomic mass is 15.2. The van der Waals surface area contributed by atoms with Crippen molar-refractivity contribution < 1.29 is 0 Å². The van der Waals surface area contributed by atoms with Gasteiger partial charge in [-0.05, 0) is 158 Å². The summed E-state index contributed by atoms with van der Waals surface area (Å²) in [5, 5.41) is 0. The molecule has 0 saturated carbocycles. The van der Waals surface area contributed by atoms with Gasteiger partial charge in [-0.2, -0.15) is 0 Å². The predicted octanol–water partition coefficient (Wildman–Crippen LogP) is 12.1. The Kier molecular flexibility index (Phi) is 8.43. The van der Waals surface area contributed by atoms with E-state index in [0.29, 0.717) is 0 Å². The van der Waals surface area contributed by atoms with E-state index < -0.39 is 0 Å². The summed E-state index contributed by atoms with van der Waals surface area (Å²) in [7, 11) is 0. The van der Waals surface area contributed by atoms with Crippen molar-refractivity contribution in [2.24, 2.45) is 0 Å². The summed E-state index contributed by atoms with van der Waals surface area (Å²) < 4.78 is 0. The molecule has 278 valence electrons. The second-order valence-electron chi connectivity index (χ2n) is 20.8. The van der Waals surface area contributed by atoms with Crippen molar-refractivity contribution in [2.45, 2.75) is 137 Å². The maximum atomic E-state index is 2.66. The van der Waals surface area contributed by atoms with Gasteiger partial charge in [-0.1, -0.05) is 119 Å². The molecule has 0 aromatic heterocycles. The van der Waals surface area contributed by atoms with Crippen LogP contribution in [-0.2, 0) is 34.5 Å². The van der Waals surface area contributed by atoms with Gasteiger partial charge in [-0.3, -0.25) is 0 Å². The molecule has 0 unspecified atom stereocenters. The topological polar surface area (TPSA) is 6.48 Å². The molecular formula is C51H61BN2. The minimum absolute atomic E-state index is 0.0115. The average molecular weight is 713 g/mol. The highest BCUT2D eigenvalue weighted by molar-refractivity contribution is 7.00. The van der Waals surface area contributed by atoms with E-state index in [2.05, 4.69) is 185 Å². The standard InChI is InChI=1S/C51H61BN2/c1-32-22-45-47-46(23-32)54(40-30-37(50(8,9)10)27-38(31-40)51(11,12)13)44-25-34-19-15-14-18-33(34)24-42(44)52(47)41-20-16-17-21-43(41)53(45)39-28-35(48(2,3)4)26-36(29-39)49(5,6)7/h16-17,20-31H,14-15,18-19H2,1-13H3. The zero-order valence-corrected chi connectivity index (χ0v) is 35.4. The number of benzene rings is 5. The lowest BCUT2D eigenvalue weighted by atomic mass is 9.33. The SMILES string of the molecule is Cc1cc2c3c(c1)N(c1cc(C(C)(C)C)cc(C(C)(C)C)c1)c1cc4c(cc1B3c1ccccc1N2c1cc(C(C)(C)C)cc(C(C)(C)C)c1)CCCC4. The number of nitrogens with zero attached hydrogens (tertiary/aromatic N) is 2. The van der Waals surface area contributed by atoms with Crippen molar-refractivity contribution in [2.75, 3.05) is 9.80 Å². The van der Waals surface area contributed by atoms with Gasteiger partial charge < -0.3 is 9.80 Å². The van der Waals surface area contributed by atoms with Gasteiger partial charge >= 0.3 is 0 Å². The smallest absolute Gasteiger partial charge is 0.252 e. The van der Waals surface area contributed by atoms with Crippen molar-refractivity contribution in [3.63, 3.8) is 0 Å². The number of aryl methyl sites for hydroxylation is 3. The Morgan fingerprint density at radius 2 is 0.870 bits per heavy atom. The molecule has 0 atom stereocenters. The van der Waals surface area contributed by atoms with Gasteiger partial charge in [-0.25, -0.2) is 0 Å². The number of para-hydroxylation sites is 1. The molecule has 5 aromatic carbocycles. The zero-order chi connectivity index (χ0) is 38.7. The van der Waals surface area contributed by atoms with Crippen LogP contribution in [0, 0.1) is 6.92 Å². The van der Waals surface area contributed by atoms with Gasteiger partial charge in [0.05, 0.1) is 0 Å². The summed E-state index contributed by atoms with van der Waals surface area (Å²) in [6.07, 6.45) is 4.87. The molecule has 8 rings (SSSR count). The van der Waals surface area contributed by atoms with Crippen LogP contribution in [0.1, 0.15) is 135 Å². The first-order valence-electron chi connectivity index (χ1n) is 20.5. The molecule has 3 heteroatoms. The van der Waals surface area contributed by atoms with E-state index in [-0.39, 0.29) is 28.4 Å².